The first kappa shape index (κ1) is 12.4. The Kier molecular flexibility index (Phi) is 4.69. The molecule has 62 valence electrons. The van der Waals surface area contributed by atoms with Gasteiger partial charge in [-0.25, -0.2) is 0 Å². The van der Waals surface area contributed by atoms with Crippen molar-refractivity contribution in [2.45, 2.75) is 26.8 Å². The highest BCUT2D eigenvalue weighted by Crippen LogP contribution is 2.16. The lowest BCUT2D eigenvalue weighted by molar-refractivity contribution is -0.141. The fourth-order valence-corrected chi connectivity index (χ4v) is 0.370. The van der Waals surface area contributed by atoms with Crippen LogP contribution in [0.4, 0.5) is 0 Å². The smallest absolute Gasteiger partial charge is 0.321 e. The Labute approximate surface area is 67.0 Å². The Morgan fingerprint density at radius 3 is 1.80 bits per heavy atom. The third-order valence-electron chi connectivity index (χ3n) is 1.20. The third-order valence-corrected chi connectivity index (χ3v) is 1.20. The molecule has 0 aromatic rings. The zero-order valence-electron chi connectivity index (χ0n) is 6.42. The molecule has 0 aromatic carbocycles. The molecule has 0 heterocycles. The van der Waals surface area contributed by atoms with E-state index in [9.17, 15) is 4.79 Å². The van der Waals surface area contributed by atoms with E-state index in [2.05, 4.69) is 0 Å². The Morgan fingerprint density at radius 2 is 1.80 bits per heavy atom. The van der Waals surface area contributed by atoms with Crippen LogP contribution in [0.15, 0.2) is 0 Å². The van der Waals surface area contributed by atoms with Gasteiger partial charge in [0.2, 0.25) is 0 Å². The second kappa shape index (κ2) is 3.78. The van der Waals surface area contributed by atoms with Crippen LogP contribution in [0.3, 0.4) is 0 Å². The van der Waals surface area contributed by atoms with Gasteiger partial charge >= 0.3 is 5.97 Å². The predicted molar refractivity (Wildman–Crippen MR) is 42.3 cm³/mol. The van der Waals surface area contributed by atoms with Gasteiger partial charge in [0.15, 0.2) is 0 Å². The largest absolute Gasteiger partial charge is 0.480 e. The topological polar surface area (TPSA) is 63.3 Å². The number of hydrogen-bond donors (Lipinski definition) is 2. The minimum Gasteiger partial charge on any atom is -0.480 e. The van der Waals surface area contributed by atoms with Crippen LogP contribution in [0.1, 0.15) is 20.8 Å². The molecule has 3 N–H and O–H groups in total. The van der Waals surface area contributed by atoms with Crippen LogP contribution in [0.25, 0.3) is 0 Å². The van der Waals surface area contributed by atoms with Crippen molar-refractivity contribution in [3.63, 3.8) is 0 Å². The molecular formula is C6H14ClNO2. The highest BCUT2D eigenvalue weighted by molar-refractivity contribution is 5.85. The van der Waals surface area contributed by atoms with E-state index in [1.54, 1.807) is 20.8 Å². The summed E-state index contributed by atoms with van der Waals surface area (Å²) in [6, 6.07) is -0.766. The summed E-state index contributed by atoms with van der Waals surface area (Å²) in [5, 5.41) is 8.39. The number of nitrogens with two attached hydrogens (primary N) is 1. The molecule has 1 atom stereocenters. The molecule has 0 radical (unpaired) electrons. The molecule has 0 amide bonds. The van der Waals surface area contributed by atoms with Crippen LogP contribution in [-0.4, -0.2) is 17.1 Å². The molecule has 0 saturated heterocycles. The number of carboxylic acid groups (broad SMARTS) is 1. The van der Waals surface area contributed by atoms with Crippen molar-refractivity contribution in [1.29, 1.82) is 0 Å². The van der Waals surface area contributed by atoms with Crippen molar-refractivity contribution in [3.05, 3.63) is 0 Å². The number of aliphatic carboxylic acids is 1. The average molecular weight is 168 g/mol. The standard InChI is InChI=1S/C6H13NO2.ClH/c1-6(2,3)4(7)5(8)9;/h4H,7H2,1-3H3,(H,8,9);1H. The van der Waals surface area contributed by atoms with E-state index in [1.807, 2.05) is 0 Å². The van der Waals surface area contributed by atoms with Crippen molar-refractivity contribution in [3.8, 4) is 0 Å². The summed E-state index contributed by atoms with van der Waals surface area (Å²) < 4.78 is 0. The summed E-state index contributed by atoms with van der Waals surface area (Å²) in [6.07, 6.45) is 0. The zero-order valence-corrected chi connectivity index (χ0v) is 7.23. The molecule has 0 aliphatic heterocycles. The van der Waals surface area contributed by atoms with Crippen LogP contribution in [0.2, 0.25) is 0 Å². The Balaban J connectivity index is 0. The summed E-state index contributed by atoms with van der Waals surface area (Å²) in [5.41, 5.74) is 4.95. The minimum atomic E-state index is -0.942. The highest BCUT2D eigenvalue weighted by Gasteiger charge is 2.26. The Bertz CT molecular complexity index is 119. The van der Waals surface area contributed by atoms with Crippen LogP contribution in [0.5, 0.6) is 0 Å². The molecule has 0 fully saturated rings. The van der Waals surface area contributed by atoms with Gasteiger partial charge in [0.1, 0.15) is 6.04 Å². The molecule has 0 bridgehead atoms. The van der Waals surface area contributed by atoms with Gasteiger partial charge in [-0.05, 0) is 5.41 Å². The molecule has 0 spiro atoms. The normalized spacial score (nSPS) is 13.6. The van der Waals surface area contributed by atoms with Gasteiger partial charge in [-0.15, -0.1) is 12.4 Å². The van der Waals surface area contributed by atoms with E-state index >= 15 is 0 Å². The molecule has 0 aliphatic rings. The van der Waals surface area contributed by atoms with E-state index in [1.165, 1.54) is 0 Å². The van der Waals surface area contributed by atoms with Crippen LogP contribution < -0.4 is 5.73 Å². The summed E-state index contributed by atoms with van der Waals surface area (Å²) in [7, 11) is 0. The quantitative estimate of drug-likeness (QED) is 0.609. The summed E-state index contributed by atoms with van der Waals surface area (Å²) in [5.74, 6) is -0.942. The first-order chi connectivity index (χ1) is 3.85. The monoisotopic (exact) mass is 167 g/mol. The maximum atomic E-state index is 10.2. The van der Waals surface area contributed by atoms with Gasteiger partial charge in [0, 0.05) is 0 Å². The first-order valence-corrected chi connectivity index (χ1v) is 2.84. The van der Waals surface area contributed by atoms with Gasteiger partial charge in [-0.3, -0.25) is 4.79 Å². The second-order valence-electron chi connectivity index (χ2n) is 3.18. The summed E-state index contributed by atoms with van der Waals surface area (Å²) in [6.45, 7) is 5.39. The molecular weight excluding hydrogens is 154 g/mol. The van der Waals surface area contributed by atoms with E-state index < -0.39 is 12.0 Å². The molecule has 3 nitrogen and oxygen atoms in total. The second-order valence-corrected chi connectivity index (χ2v) is 3.18. The van der Waals surface area contributed by atoms with Gasteiger partial charge in [-0.2, -0.15) is 0 Å². The fraction of sp³-hybridized carbons (Fsp3) is 0.833. The van der Waals surface area contributed by atoms with Crippen molar-refractivity contribution < 1.29 is 9.90 Å². The van der Waals surface area contributed by atoms with E-state index in [-0.39, 0.29) is 17.8 Å². The predicted octanol–water partition coefficient (Wildman–Crippen LogP) is 0.866. The number of halogens is 1. The lowest BCUT2D eigenvalue weighted by Crippen LogP contribution is -2.41. The van der Waals surface area contributed by atoms with Crippen molar-refractivity contribution in [2.24, 2.45) is 11.1 Å². The Hall–Kier alpha value is -0.280. The molecule has 10 heavy (non-hydrogen) atoms. The van der Waals surface area contributed by atoms with Crippen LogP contribution in [-0.2, 0) is 4.79 Å². The van der Waals surface area contributed by atoms with Gasteiger partial charge in [0.05, 0.1) is 0 Å². The average Bonchev–Trinajstić information content (AvgIpc) is 1.62. The minimum absolute atomic E-state index is 0. The maximum absolute atomic E-state index is 10.2. The third kappa shape index (κ3) is 3.69. The van der Waals surface area contributed by atoms with Crippen LogP contribution in [0, 0.1) is 5.41 Å². The van der Waals surface area contributed by atoms with Crippen molar-refractivity contribution in [1.82, 2.24) is 0 Å². The Morgan fingerprint density at radius 1 is 1.50 bits per heavy atom. The highest BCUT2D eigenvalue weighted by atomic mass is 35.5. The fourth-order valence-electron chi connectivity index (χ4n) is 0.370. The van der Waals surface area contributed by atoms with Gasteiger partial charge in [0.25, 0.3) is 0 Å². The molecule has 0 rings (SSSR count). The number of rotatable bonds is 1. The van der Waals surface area contributed by atoms with Crippen LogP contribution >= 0.6 is 12.4 Å². The SMILES string of the molecule is CC(C)(C)C(N)C(=O)O.Cl. The van der Waals surface area contributed by atoms with E-state index in [0.717, 1.165) is 0 Å². The van der Waals surface area contributed by atoms with Gasteiger partial charge in [-0.1, -0.05) is 20.8 Å². The molecule has 0 aliphatic carbocycles. The lowest BCUT2D eigenvalue weighted by atomic mass is 9.88. The van der Waals surface area contributed by atoms with E-state index in [0.29, 0.717) is 0 Å². The maximum Gasteiger partial charge on any atom is 0.321 e. The first-order valence-electron chi connectivity index (χ1n) is 2.84. The number of carboxylic acids is 1. The van der Waals surface area contributed by atoms with Crippen molar-refractivity contribution in [2.75, 3.05) is 0 Å². The molecule has 0 aromatic heterocycles. The number of hydrogen-bond acceptors (Lipinski definition) is 2. The number of carbonyl (C=O) groups is 1. The molecule has 0 saturated carbocycles. The van der Waals surface area contributed by atoms with E-state index in [4.69, 9.17) is 10.8 Å². The summed E-state index contributed by atoms with van der Waals surface area (Å²) in [4.78, 5) is 10.2. The van der Waals surface area contributed by atoms with Gasteiger partial charge < -0.3 is 10.8 Å². The summed E-state index contributed by atoms with van der Waals surface area (Å²) >= 11 is 0. The molecule has 1 unspecified atom stereocenters. The van der Waals surface area contributed by atoms with Crippen molar-refractivity contribution >= 4 is 18.4 Å². The lowest BCUT2D eigenvalue weighted by Gasteiger charge is -2.22. The molecule has 4 heteroatoms. The zero-order chi connectivity index (χ0) is 7.65.